The molecule has 0 aliphatic heterocycles. The van der Waals surface area contributed by atoms with E-state index < -0.39 is 5.97 Å². The van der Waals surface area contributed by atoms with Gasteiger partial charge in [0, 0.05) is 10.5 Å². The molecule has 0 spiro atoms. The fourth-order valence-corrected chi connectivity index (χ4v) is 2.06. The number of anilines is 1. The molecule has 0 aromatic heterocycles. The molecule has 2 rings (SSSR count). The van der Waals surface area contributed by atoms with Crippen molar-refractivity contribution in [3.63, 3.8) is 0 Å². The number of hydrogen-bond donors (Lipinski definition) is 1. The van der Waals surface area contributed by atoms with Crippen LogP contribution in [-0.2, 0) is 9.53 Å². The molecule has 22 heavy (non-hydrogen) atoms. The van der Waals surface area contributed by atoms with Crippen LogP contribution in [0.4, 0.5) is 5.69 Å². The summed E-state index contributed by atoms with van der Waals surface area (Å²) in [7, 11) is 1.30. The Hall–Kier alpha value is -2.40. The second-order valence-electron chi connectivity index (χ2n) is 4.41. The molecular formula is C17H14BrNO3. The standard InChI is InChI=1S/C17H14BrNO3/c1-22-17(21)14-4-2-3-5-15(14)19-16(20)11-8-12-6-9-13(18)10-7-12/h2-11H,1H3,(H,19,20)/b11-8+. The summed E-state index contributed by atoms with van der Waals surface area (Å²) < 4.78 is 5.66. The minimum atomic E-state index is -0.493. The number of amides is 1. The molecule has 2 aromatic carbocycles. The van der Waals surface area contributed by atoms with E-state index in [0.717, 1.165) is 10.0 Å². The summed E-state index contributed by atoms with van der Waals surface area (Å²) in [4.78, 5) is 23.6. The van der Waals surface area contributed by atoms with Gasteiger partial charge < -0.3 is 10.1 Å². The van der Waals surface area contributed by atoms with E-state index in [1.54, 1.807) is 30.3 Å². The molecule has 0 aliphatic carbocycles. The van der Waals surface area contributed by atoms with Gasteiger partial charge in [-0.15, -0.1) is 0 Å². The second kappa shape index (κ2) is 7.56. The van der Waals surface area contributed by atoms with Crippen LogP contribution in [0.1, 0.15) is 15.9 Å². The Morgan fingerprint density at radius 1 is 1.09 bits per heavy atom. The van der Waals surface area contributed by atoms with Gasteiger partial charge in [0.15, 0.2) is 0 Å². The van der Waals surface area contributed by atoms with E-state index in [2.05, 4.69) is 26.0 Å². The number of nitrogens with one attached hydrogen (secondary N) is 1. The third-order valence-corrected chi connectivity index (χ3v) is 3.42. The smallest absolute Gasteiger partial charge is 0.339 e. The molecule has 2 aromatic rings. The molecule has 0 unspecified atom stereocenters. The van der Waals surface area contributed by atoms with Crippen LogP contribution >= 0.6 is 15.9 Å². The van der Waals surface area contributed by atoms with Gasteiger partial charge >= 0.3 is 5.97 Å². The summed E-state index contributed by atoms with van der Waals surface area (Å²) in [6, 6.07) is 14.2. The lowest BCUT2D eigenvalue weighted by molar-refractivity contribution is -0.111. The summed E-state index contributed by atoms with van der Waals surface area (Å²) in [6.45, 7) is 0. The Kier molecular flexibility index (Phi) is 5.49. The van der Waals surface area contributed by atoms with E-state index in [1.807, 2.05) is 24.3 Å². The first-order valence-electron chi connectivity index (χ1n) is 6.52. The third kappa shape index (κ3) is 4.30. The minimum Gasteiger partial charge on any atom is -0.465 e. The lowest BCUT2D eigenvalue weighted by Crippen LogP contribution is -2.12. The van der Waals surface area contributed by atoms with Crippen LogP contribution < -0.4 is 5.32 Å². The number of hydrogen-bond acceptors (Lipinski definition) is 3. The number of esters is 1. The molecule has 0 saturated carbocycles. The van der Waals surface area contributed by atoms with Crippen molar-refractivity contribution in [2.75, 3.05) is 12.4 Å². The number of para-hydroxylation sites is 1. The molecule has 0 saturated heterocycles. The Labute approximate surface area is 136 Å². The molecule has 4 nitrogen and oxygen atoms in total. The molecule has 0 atom stereocenters. The first kappa shape index (κ1) is 16.0. The van der Waals surface area contributed by atoms with Gasteiger partial charge in [-0.25, -0.2) is 4.79 Å². The van der Waals surface area contributed by atoms with Crippen LogP contribution in [0, 0.1) is 0 Å². The van der Waals surface area contributed by atoms with Crippen molar-refractivity contribution >= 4 is 39.6 Å². The van der Waals surface area contributed by atoms with Crippen molar-refractivity contribution in [2.45, 2.75) is 0 Å². The van der Waals surface area contributed by atoms with Crippen molar-refractivity contribution in [1.82, 2.24) is 0 Å². The Bertz CT molecular complexity index is 708. The van der Waals surface area contributed by atoms with Crippen molar-refractivity contribution in [1.29, 1.82) is 0 Å². The van der Waals surface area contributed by atoms with Crippen LogP contribution in [-0.4, -0.2) is 19.0 Å². The molecule has 1 amide bonds. The van der Waals surface area contributed by atoms with Gasteiger partial charge in [0.25, 0.3) is 0 Å². The summed E-state index contributed by atoms with van der Waals surface area (Å²) >= 11 is 3.35. The van der Waals surface area contributed by atoms with E-state index >= 15 is 0 Å². The van der Waals surface area contributed by atoms with E-state index in [4.69, 9.17) is 0 Å². The minimum absolute atomic E-state index is 0.315. The van der Waals surface area contributed by atoms with Crippen LogP contribution in [0.15, 0.2) is 59.1 Å². The number of carbonyl (C=O) groups is 2. The maximum absolute atomic E-state index is 12.0. The number of ether oxygens (including phenoxy) is 1. The maximum Gasteiger partial charge on any atom is 0.339 e. The Morgan fingerprint density at radius 2 is 1.77 bits per heavy atom. The van der Waals surface area contributed by atoms with Gasteiger partial charge in [-0.1, -0.05) is 40.2 Å². The predicted molar refractivity (Wildman–Crippen MR) is 89.6 cm³/mol. The largest absolute Gasteiger partial charge is 0.465 e. The molecular weight excluding hydrogens is 346 g/mol. The molecule has 0 fully saturated rings. The lowest BCUT2D eigenvalue weighted by Gasteiger charge is -2.07. The van der Waals surface area contributed by atoms with Crippen LogP contribution in [0.2, 0.25) is 0 Å². The normalized spacial score (nSPS) is 10.5. The lowest BCUT2D eigenvalue weighted by atomic mass is 10.1. The monoisotopic (exact) mass is 359 g/mol. The van der Waals surface area contributed by atoms with E-state index in [1.165, 1.54) is 13.2 Å². The van der Waals surface area contributed by atoms with Gasteiger partial charge in [-0.2, -0.15) is 0 Å². The zero-order chi connectivity index (χ0) is 15.9. The average Bonchev–Trinajstić information content (AvgIpc) is 2.54. The highest BCUT2D eigenvalue weighted by Crippen LogP contribution is 2.16. The number of carbonyl (C=O) groups excluding carboxylic acids is 2. The Balaban J connectivity index is 2.09. The number of methoxy groups -OCH3 is 1. The van der Waals surface area contributed by atoms with E-state index in [9.17, 15) is 9.59 Å². The molecule has 0 radical (unpaired) electrons. The van der Waals surface area contributed by atoms with Crippen molar-refractivity contribution in [2.24, 2.45) is 0 Å². The zero-order valence-corrected chi connectivity index (χ0v) is 13.5. The van der Waals surface area contributed by atoms with E-state index in [-0.39, 0.29) is 5.91 Å². The van der Waals surface area contributed by atoms with Crippen LogP contribution in [0.25, 0.3) is 6.08 Å². The van der Waals surface area contributed by atoms with Crippen molar-refractivity contribution in [3.05, 3.63) is 70.2 Å². The van der Waals surface area contributed by atoms with Crippen molar-refractivity contribution in [3.8, 4) is 0 Å². The highest BCUT2D eigenvalue weighted by atomic mass is 79.9. The zero-order valence-electron chi connectivity index (χ0n) is 11.9. The molecule has 112 valence electrons. The maximum atomic E-state index is 12.0. The molecule has 5 heteroatoms. The van der Waals surface area contributed by atoms with Gasteiger partial charge in [0.1, 0.15) is 0 Å². The van der Waals surface area contributed by atoms with E-state index in [0.29, 0.717) is 11.3 Å². The molecule has 0 bridgehead atoms. The van der Waals surface area contributed by atoms with Gasteiger partial charge in [0.05, 0.1) is 18.4 Å². The van der Waals surface area contributed by atoms with Crippen LogP contribution in [0.5, 0.6) is 0 Å². The first-order chi connectivity index (χ1) is 10.6. The summed E-state index contributed by atoms with van der Waals surface area (Å²) in [5.41, 5.74) is 1.63. The highest BCUT2D eigenvalue weighted by molar-refractivity contribution is 9.10. The number of halogens is 1. The fourth-order valence-electron chi connectivity index (χ4n) is 1.80. The predicted octanol–water partition coefficient (Wildman–Crippen LogP) is 3.89. The molecule has 0 aliphatic rings. The molecule has 0 heterocycles. The van der Waals surface area contributed by atoms with Crippen molar-refractivity contribution < 1.29 is 14.3 Å². The fraction of sp³-hybridized carbons (Fsp3) is 0.0588. The van der Waals surface area contributed by atoms with Crippen LogP contribution in [0.3, 0.4) is 0 Å². The summed E-state index contributed by atoms with van der Waals surface area (Å²) in [6.07, 6.45) is 3.11. The number of benzene rings is 2. The van der Waals surface area contributed by atoms with Gasteiger partial charge in [0.2, 0.25) is 5.91 Å². The highest BCUT2D eigenvalue weighted by Gasteiger charge is 2.11. The first-order valence-corrected chi connectivity index (χ1v) is 7.31. The molecule has 1 N–H and O–H groups in total. The summed E-state index contributed by atoms with van der Waals surface area (Å²) in [5, 5.41) is 2.67. The topological polar surface area (TPSA) is 55.4 Å². The Morgan fingerprint density at radius 3 is 2.45 bits per heavy atom. The third-order valence-electron chi connectivity index (χ3n) is 2.89. The summed E-state index contributed by atoms with van der Waals surface area (Å²) in [5.74, 6) is -0.813. The average molecular weight is 360 g/mol. The second-order valence-corrected chi connectivity index (χ2v) is 5.33. The quantitative estimate of drug-likeness (QED) is 0.665. The van der Waals surface area contributed by atoms with Gasteiger partial charge in [-0.3, -0.25) is 4.79 Å². The SMILES string of the molecule is COC(=O)c1ccccc1NC(=O)/C=C/c1ccc(Br)cc1. The number of rotatable bonds is 4. The van der Waals surface area contributed by atoms with Gasteiger partial charge in [-0.05, 0) is 35.9 Å².